The maximum atomic E-state index is 11.9. The first-order chi connectivity index (χ1) is 11.5. The second kappa shape index (κ2) is 10.4. The van der Waals surface area contributed by atoms with Crippen molar-refractivity contribution in [1.29, 1.82) is 0 Å². The van der Waals surface area contributed by atoms with Gasteiger partial charge < -0.3 is 17.7 Å². The molecule has 1 aromatic carbocycles. The topological polar surface area (TPSA) is 74.4 Å². The third-order valence-corrected chi connectivity index (χ3v) is 3.27. The second-order valence-electron chi connectivity index (χ2n) is 5.16. The van der Waals surface area contributed by atoms with Crippen LogP contribution in [0.25, 0.3) is 0 Å². The van der Waals surface area contributed by atoms with Gasteiger partial charge in [0.15, 0.2) is 12.4 Å². The van der Waals surface area contributed by atoms with Gasteiger partial charge in [-0.05, 0) is 31.2 Å². The Labute approximate surface area is 157 Å². The summed E-state index contributed by atoms with van der Waals surface area (Å²) in [6.07, 6.45) is 3.66. The maximum absolute atomic E-state index is 11.9. The van der Waals surface area contributed by atoms with Crippen molar-refractivity contribution >= 4 is 34.8 Å². The lowest BCUT2D eigenvalue weighted by Gasteiger charge is -2.05. The normalized spacial score (nSPS) is 10.6. The zero-order valence-electron chi connectivity index (χ0n) is 13.6. The van der Waals surface area contributed by atoms with Crippen LogP contribution < -0.4 is 27.7 Å². The highest BCUT2D eigenvalue weighted by Crippen LogP contribution is 2.13. The maximum Gasteiger partial charge on any atom is 0.305 e. The molecule has 0 saturated heterocycles. The number of amides is 2. The van der Waals surface area contributed by atoms with Crippen molar-refractivity contribution < 1.29 is 26.6 Å². The first-order valence-corrected chi connectivity index (χ1v) is 7.72. The number of aromatic nitrogens is 1. The minimum Gasteiger partial charge on any atom is -1.00 e. The van der Waals surface area contributed by atoms with E-state index in [0.717, 1.165) is 0 Å². The minimum absolute atomic E-state index is 0. The average Bonchev–Trinajstić information content (AvgIpc) is 2.56. The molecule has 25 heavy (non-hydrogen) atoms. The highest BCUT2D eigenvalue weighted by atomic mass is 35.5. The molecule has 0 radical (unpaired) electrons. The van der Waals surface area contributed by atoms with E-state index >= 15 is 0 Å². The fraction of sp³-hybridized carbons (Fsp3) is 0.176. The van der Waals surface area contributed by atoms with Gasteiger partial charge in [0.2, 0.25) is 12.5 Å². The average molecular weight is 381 g/mol. The molecule has 2 rings (SSSR count). The lowest BCUT2D eigenvalue weighted by Crippen LogP contribution is -3.00. The van der Waals surface area contributed by atoms with Crippen LogP contribution in [0.2, 0.25) is 5.02 Å². The molecule has 0 unspecified atom stereocenters. The number of nitrogens with one attached hydrogen (secondary N) is 2. The summed E-state index contributed by atoms with van der Waals surface area (Å²) in [5, 5.41) is 7.27. The van der Waals surface area contributed by atoms with Crippen molar-refractivity contribution in [3.05, 3.63) is 59.9 Å². The van der Waals surface area contributed by atoms with Gasteiger partial charge in [0, 0.05) is 28.6 Å². The van der Waals surface area contributed by atoms with Gasteiger partial charge in [0.25, 0.3) is 0 Å². The van der Waals surface area contributed by atoms with Gasteiger partial charge in [0.1, 0.15) is 0 Å². The molecule has 0 saturated carbocycles. The number of pyridine rings is 1. The third-order valence-electron chi connectivity index (χ3n) is 3.02. The number of rotatable bonds is 6. The lowest BCUT2D eigenvalue weighted by atomic mass is 10.2. The quantitative estimate of drug-likeness (QED) is 0.389. The monoisotopic (exact) mass is 380 g/mol. The predicted molar refractivity (Wildman–Crippen MR) is 92.6 cm³/mol. The fourth-order valence-corrected chi connectivity index (χ4v) is 2.03. The van der Waals surface area contributed by atoms with E-state index in [1.807, 2.05) is 18.2 Å². The number of carbonyl (C=O) groups is 2. The molecule has 1 heterocycles. The van der Waals surface area contributed by atoms with Gasteiger partial charge in [-0.25, -0.2) is 5.43 Å². The van der Waals surface area contributed by atoms with Crippen molar-refractivity contribution in [3.63, 3.8) is 0 Å². The van der Waals surface area contributed by atoms with E-state index < -0.39 is 0 Å². The summed E-state index contributed by atoms with van der Waals surface area (Å²) in [7, 11) is 0. The first-order valence-electron chi connectivity index (χ1n) is 7.34. The molecule has 0 aliphatic heterocycles. The SMILES string of the molecule is CC(CC(=O)Nc1ccc(Cl)cc1)=NNC(=O)C[n+]1ccccc1.[Cl-]. The van der Waals surface area contributed by atoms with Crippen molar-refractivity contribution in [3.8, 4) is 0 Å². The Kier molecular flexibility index (Phi) is 8.60. The van der Waals surface area contributed by atoms with Crippen LogP contribution in [0.15, 0.2) is 60.0 Å². The molecule has 132 valence electrons. The number of anilines is 1. The lowest BCUT2D eigenvalue weighted by molar-refractivity contribution is -0.684. The number of hydrogen-bond acceptors (Lipinski definition) is 3. The zero-order chi connectivity index (χ0) is 17.4. The summed E-state index contributed by atoms with van der Waals surface area (Å²) in [6, 6.07) is 12.4. The third kappa shape index (κ3) is 7.78. The van der Waals surface area contributed by atoms with Crippen LogP contribution in [-0.2, 0) is 16.1 Å². The molecule has 0 aliphatic rings. The van der Waals surface area contributed by atoms with Crippen molar-refractivity contribution in [2.75, 3.05) is 5.32 Å². The number of halogens is 2. The van der Waals surface area contributed by atoms with E-state index in [4.69, 9.17) is 11.6 Å². The van der Waals surface area contributed by atoms with Crippen molar-refractivity contribution in [1.82, 2.24) is 5.43 Å². The second-order valence-corrected chi connectivity index (χ2v) is 5.60. The molecule has 1 aromatic heterocycles. The Morgan fingerprint density at radius 1 is 1.08 bits per heavy atom. The molecule has 0 bridgehead atoms. The molecule has 0 spiro atoms. The van der Waals surface area contributed by atoms with Gasteiger partial charge in [-0.1, -0.05) is 17.7 Å². The summed E-state index contributed by atoms with van der Waals surface area (Å²) >= 11 is 5.79. The predicted octanol–water partition coefficient (Wildman–Crippen LogP) is -0.848. The summed E-state index contributed by atoms with van der Waals surface area (Å²) in [4.78, 5) is 23.7. The van der Waals surface area contributed by atoms with Crippen LogP contribution in [0.4, 0.5) is 5.69 Å². The van der Waals surface area contributed by atoms with Gasteiger partial charge in [-0.15, -0.1) is 0 Å². The summed E-state index contributed by atoms with van der Waals surface area (Å²) in [5.74, 6) is -0.478. The van der Waals surface area contributed by atoms with Gasteiger partial charge in [-0.2, -0.15) is 9.67 Å². The summed E-state index contributed by atoms with van der Waals surface area (Å²) in [6.45, 7) is 1.84. The largest absolute Gasteiger partial charge is 1.00 e. The summed E-state index contributed by atoms with van der Waals surface area (Å²) in [5.41, 5.74) is 3.60. The Balaban J connectivity index is 0.00000312. The Hall–Kier alpha value is -2.44. The molecule has 0 aliphatic carbocycles. The Morgan fingerprint density at radius 2 is 1.72 bits per heavy atom. The van der Waals surface area contributed by atoms with Crippen molar-refractivity contribution in [2.45, 2.75) is 19.9 Å². The highest BCUT2D eigenvalue weighted by Gasteiger charge is 2.09. The Morgan fingerprint density at radius 3 is 2.36 bits per heavy atom. The van der Waals surface area contributed by atoms with Crippen LogP contribution >= 0.6 is 11.6 Å². The van der Waals surface area contributed by atoms with Gasteiger partial charge >= 0.3 is 5.91 Å². The van der Waals surface area contributed by atoms with Crippen molar-refractivity contribution in [2.24, 2.45) is 5.10 Å². The van der Waals surface area contributed by atoms with E-state index in [1.54, 1.807) is 48.1 Å². The summed E-state index contributed by atoms with van der Waals surface area (Å²) < 4.78 is 1.73. The van der Waals surface area contributed by atoms with Gasteiger partial charge in [-0.3, -0.25) is 9.59 Å². The zero-order valence-corrected chi connectivity index (χ0v) is 15.1. The minimum atomic E-state index is -0.261. The first kappa shape index (κ1) is 20.6. The molecule has 0 atom stereocenters. The molecular weight excluding hydrogens is 363 g/mol. The number of benzene rings is 1. The van der Waals surface area contributed by atoms with E-state index in [2.05, 4.69) is 15.8 Å². The van der Waals surface area contributed by atoms with Gasteiger partial charge in [0.05, 0.1) is 6.42 Å². The smallest absolute Gasteiger partial charge is 0.305 e. The molecule has 2 N–H and O–H groups in total. The fourth-order valence-electron chi connectivity index (χ4n) is 1.91. The van der Waals surface area contributed by atoms with E-state index in [1.165, 1.54) is 0 Å². The number of hydrogen-bond donors (Lipinski definition) is 2. The van der Waals surface area contributed by atoms with Crippen LogP contribution in [0, 0.1) is 0 Å². The highest BCUT2D eigenvalue weighted by molar-refractivity contribution is 6.30. The molecule has 0 fully saturated rings. The van der Waals surface area contributed by atoms with E-state index in [9.17, 15) is 9.59 Å². The van der Waals surface area contributed by atoms with Crippen LogP contribution in [0.1, 0.15) is 13.3 Å². The molecule has 6 nitrogen and oxygen atoms in total. The molecule has 8 heteroatoms. The van der Waals surface area contributed by atoms with Crippen LogP contribution in [0.5, 0.6) is 0 Å². The van der Waals surface area contributed by atoms with E-state index in [-0.39, 0.29) is 37.2 Å². The number of hydrazone groups is 1. The van der Waals surface area contributed by atoms with Crippen LogP contribution in [-0.4, -0.2) is 17.5 Å². The van der Waals surface area contributed by atoms with Crippen LogP contribution in [0.3, 0.4) is 0 Å². The standard InChI is InChI=1S/C17H17ClN4O2.ClH/c1-13(11-16(23)19-15-7-5-14(18)6-8-15)20-21-17(24)12-22-9-3-2-4-10-22;/h2-10H,11-12H2,1H3,(H-,19,21,23,24);1H. The molecule has 2 aromatic rings. The number of carbonyl (C=O) groups excluding carboxylic acids is 2. The molecular formula is C17H18Cl2N4O2. The van der Waals surface area contributed by atoms with E-state index in [0.29, 0.717) is 16.4 Å². The molecule has 2 amide bonds. The number of nitrogens with zero attached hydrogens (tertiary/aromatic N) is 2. The Bertz CT molecular complexity index is 734.